The molecule has 0 amide bonds. The third-order valence-electron chi connectivity index (χ3n) is 2.29. The Kier molecular flexibility index (Phi) is 4.23. The Morgan fingerprint density at radius 1 is 1.35 bits per heavy atom. The summed E-state index contributed by atoms with van der Waals surface area (Å²) in [5.74, 6) is 0.834. The lowest BCUT2D eigenvalue weighted by atomic mass is 10.2. The Labute approximate surface area is 117 Å². The topological polar surface area (TPSA) is 27.1 Å². The Morgan fingerprint density at radius 3 is 2.76 bits per heavy atom. The average Bonchev–Trinajstić information content (AvgIpc) is 2.73. The number of ether oxygens (including phenoxy) is 1. The second kappa shape index (κ2) is 5.69. The number of alkyl halides is 1. The molecule has 0 bridgehead atoms. The minimum absolute atomic E-state index is 0.479. The maximum atomic E-state index is 5.70. The second-order valence-electron chi connectivity index (χ2n) is 3.67. The lowest BCUT2D eigenvalue weighted by Crippen LogP contribution is -1.98. The number of nitrogens with zero attached hydrogens (tertiary/aromatic N) is 2. The van der Waals surface area contributed by atoms with Gasteiger partial charge in [-0.05, 0) is 39.7 Å². The smallest absolute Gasteiger partial charge is 0.134 e. The van der Waals surface area contributed by atoms with Gasteiger partial charge in [0.1, 0.15) is 12.4 Å². The molecule has 0 aliphatic heterocycles. The van der Waals surface area contributed by atoms with E-state index in [1.54, 1.807) is 4.68 Å². The van der Waals surface area contributed by atoms with E-state index >= 15 is 0 Å². The van der Waals surface area contributed by atoms with E-state index in [1.807, 2.05) is 37.5 Å². The van der Waals surface area contributed by atoms with Gasteiger partial charge >= 0.3 is 0 Å². The zero-order valence-electron chi connectivity index (χ0n) is 9.36. The Hall–Kier alpha value is -0.810. The molecule has 0 radical (unpaired) electrons. The Bertz CT molecular complexity index is 511. The summed E-state index contributed by atoms with van der Waals surface area (Å²) in [4.78, 5) is 0. The first-order chi connectivity index (χ1) is 8.19. The lowest BCUT2D eigenvalue weighted by molar-refractivity contribution is 0.298. The molecule has 90 valence electrons. The van der Waals surface area contributed by atoms with E-state index in [-0.39, 0.29) is 0 Å². The molecule has 5 heteroatoms. The maximum absolute atomic E-state index is 5.70. The van der Waals surface area contributed by atoms with E-state index in [9.17, 15) is 0 Å². The van der Waals surface area contributed by atoms with Crippen molar-refractivity contribution in [1.82, 2.24) is 9.78 Å². The molecule has 0 saturated carbocycles. The number of hydrogen-bond donors (Lipinski definition) is 0. The van der Waals surface area contributed by atoms with Crippen molar-refractivity contribution < 1.29 is 4.74 Å². The highest BCUT2D eigenvalue weighted by Gasteiger charge is 2.04. The summed E-state index contributed by atoms with van der Waals surface area (Å²) < 4.78 is 8.43. The first kappa shape index (κ1) is 12.6. The zero-order chi connectivity index (χ0) is 12.3. The fourth-order valence-corrected chi connectivity index (χ4v) is 2.33. The quantitative estimate of drug-likeness (QED) is 0.779. The number of aryl methyl sites for hydroxylation is 1. The van der Waals surface area contributed by atoms with Crippen LogP contribution >= 0.6 is 31.9 Å². The van der Waals surface area contributed by atoms with Crippen LogP contribution in [-0.2, 0) is 19.0 Å². The molecule has 0 N–H and O–H groups in total. The lowest BCUT2D eigenvalue weighted by Gasteiger charge is -2.07. The van der Waals surface area contributed by atoms with Gasteiger partial charge in [-0.25, -0.2) is 0 Å². The molecule has 0 fully saturated rings. The van der Waals surface area contributed by atoms with Crippen molar-refractivity contribution in [2.45, 2.75) is 11.9 Å². The molecule has 0 atom stereocenters. The molecule has 0 saturated heterocycles. The molecule has 0 aliphatic carbocycles. The van der Waals surface area contributed by atoms with Crippen molar-refractivity contribution in [3.8, 4) is 5.75 Å². The number of benzene rings is 1. The van der Waals surface area contributed by atoms with Crippen LogP contribution in [0.15, 0.2) is 34.9 Å². The summed E-state index contributed by atoms with van der Waals surface area (Å²) in [6.07, 6.45) is 1.90. The molecule has 2 aromatic rings. The number of aromatic nitrogens is 2. The van der Waals surface area contributed by atoms with Gasteiger partial charge in [0.25, 0.3) is 0 Å². The predicted octanol–water partition coefficient (Wildman–Crippen LogP) is 3.66. The van der Waals surface area contributed by atoms with Gasteiger partial charge in [-0.3, -0.25) is 4.68 Å². The van der Waals surface area contributed by atoms with Gasteiger partial charge < -0.3 is 4.74 Å². The van der Waals surface area contributed by atoms with Crippen LogP contribution in [-0.4, -0.2) is 9.78 Å². The predicted molar refractivity (Wildman–Crippen MR) is 74.3 cm³/mol. The molecule has 3 nitrogen and oxygen atoms in total. The largest absolute Gasteiger partial charge is 0.486 e. The molecule has 0 unspecified atom stereocenters. The van der Waals surface area contributed by atoms with E-state index in [1.165, 1.54) is 5.56 Å². The fourth-order valence-electron chi connectivity index (χ4n) is 1.44. The molecule has 1 aromatic carbocycles. The van der Waals surface area contributed by atoms with Crippen LogP contribution in [0.5, 0.6) is 5.75 Å². The summed E-state index contributed by atoms with van der Waals surface area (Å²) in [6, 6.07) is 7.99. The first-order valence-electron chi connectivity index (χ1n) is 5.15. The number of hydrogen-bond acceptors (Lipinski definition) is 2. The fraction of sp³-hybridized carbons (Fsp3) is 0.250. The maximum Gasteiger partial charge on any atom is 0.134 e. The summed E-state index contributed by atoms with van der Waals surface area (Å²) in [5.41, 5.74) is 2.13. The van der Waals surface area contributed by atoms with Crippen LogP contribution in [0.2, 0.25) is 0 Å². The number of rotatable bonds is 4. The molecule has 17 heavy (non-hydrogen) atoms. The normalized spacial score (nSPS) is 10.5. The van der Waals surface area contributed by atoms with Gasteiger partial charge in [0.15, 0.2) is 0 Å². The standard InChI is InChI=1S/C12H12Br2N2O/c1-16-5-4-10(15-16)8-17-12-3-2-9(7-13)6-11(12)14/h2-6H,7-8H2,1H3. The SMILES string of the molecule is Cn1ccc(COc2ccc(CBr)cc2Br)n1. The van der Waals surface area contributed by atoms with E-state index in [0.717, 1.165) is 21.2 Å². The van der Waals surface area contributed by atoms with Crippen LogP contribution in [0.25, 0.3) is 0 Å². The van der Waals surface area contributed by atoms with Crippen LogP contribution in [0.3, 0.4) is 0 Å². The van der Waals surface area contributed by atoms with Crippen molar-refractivity contribution in [3.63, 3.8) is 0 Å². The highest BCUT2D eigenvalue weighted by molar-refractivity contribution is 9.10. The minimum Gasteiger partial charge on any atom is -0.486 e. The third-order valence-corrected chi connectivity index (χ3v) is 3.56. The summed E-state index contributed by atoms with van der Waals surface area (Å²) in [6.45, 7) is 0.479. The van der Waals surface area contributed by atoms with E-state index in [2.05, 4.69) is 37.0 Å². The van der Waals surface area contributed by atoms with Crippen molar-refractivity contribution in [1.29, 1.82) is 0 Å². The van der Waals surface area contributed by atoms with Crippen LogP contribution in [0.1, 0.15) is 11.3 Å². The Morgan fingerprint density at radius 2 is 2.18 bits per heavy atom. The van der Waals surface area contributed by atoms with Crippen LogP contribution < -0.4 is 4.74 Å². The van der Waals surface area contributed by atoms with E-state index < -0.39 is 0 Å². The minimum atomic E-state index is 0.479. The van der Waals surface area contributed by atoms with Gasteiger partial charge in [-0.15, -0.1) is 0 Å². The number of halogens is 2. The van der Waals surface area contributed by atoms with Gasteiger partial charge in [-0.1, -0.05) is 22.0 Å². The Balaban J connectivity index is 2.04. The average molecular weight is 360 g/mol. The molecule has 0 spiro atoms. The third kappa shape index (κ3) is 3.33. The van der Waals surface area contributed by atoms with Gasteiger partial charge in [0.05, 0.1) is 10.2 Å². The molecule has 1 heterocycles. The van der Waals surface area contributed by atoms with Gasteiger partial charge in [-0.2, -0.15) is 5.10 Å². The monoisotopic (exact) mass is 358 g/mol. The first-order valence-corrected chi connectivity index (χ1v) is 7.06. The van der Waals surface area contributed by atoms with Crippen molar-refractivity contribution in [2.75, 3.05) is 0 Å². The van der Waals surface area contributed by atoms with E-state index in [0.29, 0.717) is 6.61 Å². The molecule has 2 rings (SSSR count). The molecular formula is C12H12Br2N2O. The summed E-state index contributed by atoms with van der Waals surface area (Å²) >= 11 is 6.92. The molecule has 0 aliphatic rings. The van der Waals surface area contributed by atoms with Gasteiger partial charge in [0, 0.05) is 18.6 Å². The van der Waals surface area contributed by atoms with Crippen LogP contribution in [0, 0.1) is 0 Å². The highest BCUT2D eigenvalue weighted by Crippen LogP contribution is 2.27. The van der Waals surface area contributed by atoms with Crippen LogP contribution in [0.4, 0.5) is 0 Å². The zero-order valence-corrected chi connectivity index (χ0v) is 12.5. The molecule has 1 aromatic heterocycles. The van der Waals surface area contributed by atoms with Crippen molar-refractivity contribution in [2.24, 2.45) is 7.05 Å². The summed E-state index contributed by atoms with van der Waals surface area (Å²) in [5, 5.41) is 5.10. The van der Waals surface area contributed by atoms with Crippen molar-refractivity contribution in [3.05, 3.63) is 46.2 Å². The highest BCUT2D eigenvalue weighted by atomic mass is 79.9. The second-order valence-corrected chi connectivity index (χ2v) is 5.08. The van der Waals surface area contributed by atoms with Gasteiger partial charge in [0.2, 0.25) is 0 Å². The summed E-state index contributed by atoms with van der Waals surface area (Å²) in [7, 11) is 1.89. The van der Waals surface area contributed by atoms with Crippen molar-refractivity contribution >= 4 is 31.9 Å². The molecular weight excluding hydrogens is 348 g/mol. The van der Waals surface area contributed by atoms with E-state index in [4.69, 9.17) is 4.74 Å².